The molecule has 0 fully saturated rings. The molecule has 1 aliphatic rings. The van der Waals surface area contributed by atoms with E-state index in [1.54, 1.807) is 0 Å². The summed E-state index contributed by atoms with van der Waals surface area (Å²) >= 11 is 0. The molecule has 1 aliphatic heterocycles. The van der Waals surface area contributed by atoms with E-state index in [4.69, 9.17) is 5.41 Å². The fraction of sp³-hybridized carbons (Fsp3) is 0.312. The molecule has 0 amide bonds. The van der Waals surface area contributed by atoms with Crippen LogP contribution in [-0.4, -0.2) is 10.7 Å². The summed E-state index contributed by atoms with van der Waals surface area (Å²) < 4.78 is 0. The van der Waals surface area contributed by atoms with Crippen molar-refractivity contribution in [3.63, 3.8) is 0 Å². The number of amidine groups is 1. The summed E-state index contributed by atoms with van der Waals surface area (Å²) in [5.41, 5.74) is 4.92. The van der Waals surface area contributed by atoms with Crippen molar-refractivity contribution in [1.29, 1.82) is 5.41 Å². The van der Waals surface area contributed by atoms with Gasteiger partial charge in [-0.15, -0.1) is 0 Å². The minimum atomic E-state index is 0.678. The van der Waals surface area contributed by atoms with Crippen molar-refractivity contribution in [2.45, 2.75) is 33.7 Å². The Morgan fingerprint density at radius 2 is 1.94 bits per heavy atom. The van der Waals surface area contributed by atoms with Gasteiger partial charge in [0.1, 0.15) is 0 Å². The van der Waals surface area contributed by atoms with Gasteiger partial charge in [0.25, 0.3) is 0 Å². The van der Waals surface area contributed by atoms with Gasteiger partial charge in [-0.05, 0) is 30.5 Å². The van der Waals surface area contributed by atoms with Gasteiger partial charge in [0.15, 0.2) is 0 Å². The van der Waals surface area contributed by atoms with Crippen LogP contribution in [0.1, 0.15) is 38.3 Å². The van der Waals surface area contributed by atoms with Gasteiger partial charge in [-0.25, -0.2) is 0 Å². The van der Waals surface area contributed by atoms with Crippen LogP contribution in [0.4, 0.5) is 0 Å². The van der Waals surface area contributed by atoms with E-state index in [-0.39, 0.29) is 0 Å². The monoisotopic (exact) mass is 240 g/mol. The maximum atomic E-state index is 8.13. The highest BCUT2D eigenvalue weighted by atomic mass is 15.2. The fourth-order valence-corrected chi connectivity index (χ4v) is 2.17. The number of nitrogens with one attached hydrogen (secondary N) is 1. The molecule has 18 heavy (non-hydrogen) atoms. The lowest BCUT2D eigenvalue weighted by molar-refractivity contribution is 0.489. The van der Waals surface area contributed by atoms with Crippen LogP contribution in [0, 0.1) is 5.41 Å². The Hall–Kier alpha value is -1.83. The quantitative estimate of drug-likeness (QED) is 0.578. The fourth-order valence-electron chi connectivity index (χ4n) is 2.17. The summed E-state index contributed by atoms with van der Waals surface area (Å²) in [7, 11) is 0. The molecule has 0 aliphatic carbocycles. The Morgan fingerprint density at radius 1 is 1.22 bits per heavy atom. The number of benzene rings is 1. The molecular weight excluding hydrogens is 220 g/mol. The standard InChI is InChI=1S/C16H20N2/c1-4-16(17)18-11-15-8-6-5-7-14(15)10-9-12(2)13(18)3/h5-10,17H,4,11H2,1-3H3/b10-9-,13-12?,17-16?. The molecule has 0 saturated heterocycles. The van der Waals surface area contributed by atoms with E-state index < -0.39 is 0 Å². The van der Waals surface area contributed by atoms with E-state index in [1.807, 2.05) is 6.92 Å². The summed E-state index contributed by atoms with van der Waals surface area (Å²) in [5, 5.41) is 8.13. The van der Waals surface area contributed by atoms with E-state index in [1.165, 1.54) is 22.4 Å². The second-order valence-electron chi connectivity index (χ2n) is 4.69. The molecule has 0 bridgehead atoms. The van der Waals surface area contributed by atoms with Crippen LogP contribution in [-0.2, 0) is 6.54 Å². The normalized spacial score (nSPS) is 16.9. The number of allylic oxidation sites excluding steroid dienone is 3. The lowest BCUT2D eigenvalue weighted by Gasteiger charge is -2.28. The van der Waals surface area contributed by atoms with Gasteiger partial charge in [-0.3, -0.25) is 5.41 Å². The van der Waals surface area contributed by atoms with Crippen molar-refractivity contribution < 1.29 is 0 Å². The number of nitrogens with zero attached hydrogens (tertiary/aromatic N) is 1. The number of fused-ring (bicyclic) bond motifs is 1. The molecule has 0 saturated carbocycles. The van der Waals surface area contributed by atoms with Gasteiger partial charge >= 0.3 is 0 Å². The lowest BCUT2D eigenvalue weighted by atomic mass is 10.0. The zero-order chi connectivity index (χ0) is 13.1. The number of rotatable bonds is 1. The highest BCUT2D eigenvalue weighted by Gasteiger charge is 2.15. The third kappa shape index (κ3) is 2.37. The lowest BCUT2D eigenvalue weighted by Crippen LogP contribution is -2.29. The van der Waals surface area contributed by atoms with Gasteiger partial charge in [-0.1, -0.05) is 43.3 Å². The molecule has 0 aromatic heterocycles. The first-order valence-electron chi connectivity index (χ1n) is 6.42. The molecule has 1 aromatic rings. The summed E-state index contributed by atoms with van der Waals surface area (Å²) in [6, 6.07) is 8.40. The van der Waals surface area contributed by atoms with Crippen molar-refractivity contribution in [3.05, 3.63) is 52.7 Å². The Morgan fingerprint density at radius 3 is 2.67 bits per heavy atom. The van der Waals surface area contributed by atoms with Crippen LogP contribution in [0.15, 0.2) is 41.6 Å². The van der Waals surface area contributed by atoms with Gasteiger partial charge in [0.2, 0.25) is 0 Å². The molecule has 1 heterocycles. The predicted molar refractivity (Wildman–Crippen MR) is 77.4 cm³/mol. The van der Waals surface area contributed by atoms with Crippen LogP contribution in [0.25, 0.3) is 6.08 Å². The smallest absolute Gasteiger partial charge is 0.1000 e. The van der Waals surface area contributed by atoms with Crippen molar-refractivity contribution in [1.82, 2.24) is 4.90 Å². The Labute approximate surface area is 109 Å². The molecular formula is C16H20N2. The molecule has 2 heteroatoms. The van der Waals surface area contributed by atoms with Crippen LogP contribution in [0.3, 0.4) is 0 Å². The van der Waals surface area contributed by atoms with Crippen molar-refractivity contribution in [2.24, 2.45) is 0 Å². The van der Waals surface area contributed by atoms with Gasteiger partial charge in [0, 0.05) is 18.7 Å². The van der Waals surface area contributed by atoms with E-state index >= 15 is 0 Å². The minimum Gasteiger partial charge on any atom is -0.330 e. The Bertz CT molecular complexity index is 524. The Kier molecular flexibility index (Phi) is 3.66. The molecule has 0 spiro atoms. The number of hydrogen-bond acceptors (Lipinski definition) is 1. The Balaban J connectivity index is 2.50. The maximum absolute atomic E-state index is 8.13. The molecule has 0 atom stereocenters. The summed E-state index contributed by atoms with van der Waals surface area (Å²) in [4.78, 5) is 2.11. The topological polar surface area (TPSA) is 27.1 Å². The molecule has 0 unspecified atom stereocenters. The highest BCUT2D eigenvalue weighted by molar-refractivity contribution is 5.81. The average Bonchev–Trinajstić information content (AvgIpc) is 2.40. The third-order valence-electron chi connectivity index (χ3n) is 3.53. The average molecular weight is 240 g/mol. The minimum absolute atomic E-state index is 0.678. The van der Waals surface area contributed by atoms with Gasteiger partial charge < -0.3 is 4.90 Å². The highest BCUT2D eigenvalue weighted by Crippen LogP contribution is 2.23. The van der Waals surface area contributed by atoms with E-state index in [2.05, 4.69) is 55.2 Å². The largest absolute Gasteiger partial charge is 0.330 e. The van der Waals surface area contributed by atoms with Gasteiger partial charge in [0.05, 0.1) is 5.84 Å². The van der Waals surface area contributed by atoms with Crippen LogP contribution < -0.4 is 0 Å². The maximum Gasteiger partial charge on any atom is 0.1000 e. The van der Waals surface area contributed by atoms with E-state index in [0.717, 1.165) is 13.0 Å². The second-order valence-corrected chi connectivity index (χ2v) is 4.69. The molecule has 2 nitrogen and oxygen atoms in total. The van der Waals surface area contributed by atoms with Crippen molar-refractivity contribution in [3.8, 4) is 0 Å². The van der Waals surface area contributed by atoms with Crippen molar-refractivity contribution in [2.75, 3.05) is 0 Å². The van der Waals surface area contributed by atoms with E-state index in [9.17, 15) is 0 Å². The molecule has 1 N–H and O–H groups in total. The number of hydrogen-bond donors (Lipinski definition) is 1. The molecule has 94 valence electrons. The molecule has 1 aromatic carbocycles. The molecule has 0 radical (unpaired) electrons. The van der Waals surface area contributed by atoms with Crippen LogP contribution >= 0.6 is 0 Å². The van der Waals surface area contributed by atoms with Crippen molar-refractivity contribution >= 4 is 11.9 Å². The summed E-state index contributed by atoms with van der Waals surface area (Å²) in [6.07, 6.45) is 5.07. The zero-order valence-corrected chi connectivity index (χ0v) is 11.3. The SMILES string of the molecule is CCC(=N)N1Cc2ccccc2/C=C\C(C)=C1C. The van der Waals surface area contributed by atoms with Crippen LogP contribution in [0.5, 0.6) is 0 Å². The van der Waals surface area contributed by atoms with E-state index in [0.29, 0.717) is 5.84 Å². The summed E-state index contributed by atoms with van der Waals surface area (Å²) in [5.74, 6) is 0.678. The van der Waals surface area contributed by atoms with Gasteiger partial charge in [-0.2, -0.15) is 0 Å². The first-order chi connectivity index (χ1) is 8.63. The predicted octanol–water partition coefficient (Wildman–Crippen LogP) is 4.20. The first-order valence-corrected chi connectivity index (χ1v) is 6.42. The van der Waals surface area contributed by atoms with Crippen LogP contribution in [0.2, 0.25) is 0 Å². The third-order valence-corrected chi connectivity index (χ3v) is 3.53. The second kappa shape index (κ2) is 5.21. The summed E-state index contributed by atoms with van der Waals surface area (Å²) in [6.45, 7) is 7.02. The zero-order valence-electron chi connectivity index (χ0n) is 11.3. The first kappa shape index (κ1) is 12.6. The molecule has 2 rings (SSSR count).